The van der Waals surface area contributed by atoms with Crippen LogP contribution in [0.5, 0.6) is 0 Å². The molecule has 33 heavy (non-hydrogen) atoms. The molecule has 1 aliphatic rings. The van der Waals surface area contributed by atoms with Crippen molar-refractivity contribution in [3.05, 3.63) is 77.3 Å². The Bertz CT molecular complexity index is 1270. The number of benzene rings is 1. The van der Waals surface area contributed by atoms with Gasteiger partial charge in [0.15, 0.2) is 5.78 Å². The van der Waals surface area contributed by atoms with Crippen molar-refractivity contribution in [3.8, 4) is 11.1 Å². The number of hydrogen-bond acceptors (Lipinski definition) is 4. The molecular formula is C27H29N3O3. The number of rotatable bonds is 7. The Morgan fingerprint density at radius 2 is 2.06 bits per heavy atom. The Kier molecular flexibility index (Phi) is 6.56. The van der Waals surface area contributed by atoms with E-state index in [2.05, 4.69) is 34.8 Å². The average Bonchev–Trinajstić information content (AvgIpc) is 3.23. The number of carbonyl (C=O) groups is 2. The summed E-state index contributed by atoms with van der Waals surface area (Å²) >= 11 is 0. The van der Waals surface area contributed by atoms with Gasteiger partial charge < -0.3 is 14.6 Å². The third kappa shape index (κ3) is 4.66. The van der Waals surface area contributed by atoms with Gasteiger partial charge in [-0.1, -0.05) is 17.7 Å². The highest BCUT2D eigenvalue weighted by Gasteiger charge is 2.22. The molecule has 4 rings (SSSR count). The van der Waals surface area contributed by atoms with Crippen molar-refractivity contribution in [1.29, 1.82) is 0 Å². The number of nitrogens with one attached hydrogen (secondary N) is 1. The van der Waals surface area contributed by atoms with E-state index < -0.39 is 0 Å². The minimum absolute atomic E-state index is 0.0302. The van der Waals surface area contributed by atoms with Gasteiger partial charge in [-0.3, -0.25) is 14.6 Å². The lowest BCUT2D eigenvalue weighted by Crippen LogP contribution is -2.30. The molecule has 6 heteroatoms. The molecule has 1 aliphatic carbocycles. The van der Waals surface area contributed by atoms with Gasteiger partial charge in [-0.15, -0.1) is 0 Å². The van der Waals surface area contributed by atoms with Gasteiger partial charge in [0, 0.05) is 72.3 Å². The fourth-order valence-corrected chi connectivity index (χ4v) is 4.34. The fourth-order valence-electron chi connectivity index (χ4n) is 4.34. The van der Waals surface area contributed by atoms with E-state index in [0.29, 0.717) is 24.2 Å². The number of amides is 1. The first-order valence-corrected chi connectivity index (χ1v) is 11.1. The number of pyridine rings is 1. The summed E-state index contributed by atoms with van der Waals surface area (Å²) in [5.74, 6) is -0.182. The molecule has 3 aromatic rings. The first-order chi connectivity index (χ1) is 15.9. The molecule has 1 aromatic carbocycles. The smallest absolute Gasteiger partial charge is 0.252 e. The summed E-state index contributed by atoms with van der Waals surface area (Å²) in [4.78, 5) is 30.3. The third-order valence-corrected chi connectivity index (χ3v) is 5.94. The van der Waals surface area contributed by atoms with Gasteiger partial charge in [0.1, 0.15) is 0 Å². The molecule has 6 nitrogen and oxygen atoms in total. The number of methoxy groups -OCH3 is 1. The molecule has 0 saturated heterocycles. The Hall–Kier alpha value is -3.51. The molecule has 0 atom stereocenters. The van der Waals surface area contributed by atoms with E-state index in [1.807, 2.05) is 43.5 Å². The highest BCUT2D eigenvalue weighted by atomic mass is 16.5. The van der Waals surface area contributed by atoms with Crippen molar-refractivity contribution in [1.82, 2.24) is 14.9 Å². The predicted octanol–water partition coefficient (Wildman–Crippen LogP) is 4.88. The molecule has 0 spiro atoms. The van der Waals surface area contributed by atoms with Crippen LogP contribution in [0.4, 0.5) is 0 Å². The largest absolute Gasteiger partial charge is 0.380 e. The van der Waals surface area contributed by atoms with Gasteiger partial charge >= 0.3 is 0 Å². The van der Waals surface area contributed by atoms with Crippen molar-refractivity contribution in [2.24, 2.45) is 0 Å². The number of ether oxygens (including phenoxy) is 1. The maximum absolute atomic E-state index is 13.4. The van der Waals surface area contributed by atoms with Gasteiger partial charge in [0.25, 0.3) is 5.91 Å². The second-order valence-electron chi connectivity index (χ2n) is 8.73. The van der Waals surface area contributed by atoms with E-state index in [1.165, 1.54) is 0 Å². The lowest BCUT2D eigenvalue weighted by Gasteiger charge is -2.18. The molecule has 0 bridgehead atoms. The molecule has 0 unspecified atom stereocenters. The molecule has 2 heterocycles. The third-order valence-electron chi connectivity index (χ3n) is 5.94. The zero-order valence-electron chi connectivity index (χ0n) is 19.5. The zero-order chi connectivity index (χ0) is 23.5. The van der Waals surface area contributed by atoms with E-state index in [0.717, 1.165) is 33.2 Å². The first kappa shape index (κ1) is 22.7. The normalized spacial score (nSPS) is 14.2. The summed E-state index contributed by atoms with van der Waals surface area (Å²) in [6.07, 6.45) is 7.89. The second-order valence-corrected chi connectivity index (χ2v) is 8.73. The minimum atomic E-state index is -0.212. The summed E-state index contributed by atoms with van der Waals surface area (Å²) in [5, 5.41) is 3.86. The summed E-state index contributed by atoms with van der Waals surface area (Å²) in [6.45, 7) is 6.67. The maximum Gasteiger partial charge on any atom is 0.252 e. The number of nitrogens with zero attached hydrogens (tertiary/aromatic N) is 2. The van der Waals surface area contributed by atoms with Crippen molar-refractivity contribution >= 4 is 22.6 Å². The monoisotopic (exact) mass is 443 g/mol. The molecule has 0 fully saturated rings. The van der Waals surface area contributed by atoms with Crippen LogP contribution < -0.4 is 5.32 Å². The second kappa shape index (κ2) is 9.55. The number of fused-ring (bicyclic) bond motifs is 1. The van der Waals surface area contributed by atoms with Crippen LogP contribution in [-0.4, -0.2) is 41.5 Å². The van der Waals surface area contributed by atoms with Crippen LogP contribution in [0.3, 0.4) is 0 Å². The van der Waals surface area contributed by atoms with E-state index in [9.17, 15) is 9.59 Å². The van der Waals surface area contributed by atoms with Crippen LogP contribution in [0.1, 0.15) is 43.6 Å². The summed E-state index contributed by atoms with van der Waals surface area (Å²) < 4.78 is 7.43. The number of hydrogen-bond donors (Lipinski definition) is 1. The number of aromatic nitrogens is 2. The maximum atomic E-state index is 13.4. The summed E-state index contributed by atoms with van der Waals surface area (Å²) in [5.41, 5.74) is 5.87. The van der Waals surface area contributed by atoms with Crippen LogP contribution in [0.15, 0.2) is 71.7 Å². The molecule has 1 N–H and O–H groups in total. The average molecular weight is 444 g/mol. The summed E-state index contributed by atoms with van der Waals surface area (Å²) in [6, 6.07) is 10.1. The zero-order valence-corrected chi connectivity index (χ0v) is 19.5. The van der Waals surface area contributed by atoms with Crippen molar-refractivity contribution < 1.29 is 14.3 Å². The van der Waals surface area contributed by atoms with Crippen LogP contribution in [0, 0.1) is 0 Å². The quantitative estimate of drug-likeness (QED) is 0.565. The lowest BCUT2D eigenvalue weighted by atomic mass is 9.92. The Morgan fingerprint density at radius 1 is 1.24 bits per heavy atom. The molecular weight excluding hydrogens is 414 g/mol. The van der Waals surface area contributed by atoms with Crippen LogP contribution in [0.2, 0.25) is 0 Å². The predicted molar refractivity (Wildman–Crippen MR) is 130 cm³/mol. The van der Waals surface area contributed by atoms with E-state index in [4.69, 9.17) is 4.74 Å². The van der Waals surface area contributed by atoms with Gasteiger partial charge in [0.2, 0.25) is 0 Å². The Labute approximate surface area is 194 Å². The van der Waals surface area contributed by atoms with Crippen LogP contribution in [0.25, 0.3) is 22.0 Å². The molecule has 0 saturated carbocycles. The van der Waals surface area contributed by atoms with E-state index in [-0.39, 0.29) is 24.3 Å². The molecule has 2 aromatic heterocycles. The van der Waals surface area contributed by atoms with Gasteiger partial charge in [0.05, 0.1) is 6.61 Å². The minimum Gasteiger partial charge on any atom is -0.380 e. The topological polar surface area (TPSA) is 73.2 Å². The van der Waals surface area contributed by atoms with Gasteiger partial charge in [-0.25, -0.2) is 0 Å². The van der Waals surface area contributed by atoms with E-state index >= 15 is 0 Å². The first-order valence-electron chi connectivity index (χ1n) is 11.1. The summed E-state index contributed by atoms with van der Waals surface area (Å²) in [7, 11) is 1.60. The number of Topliss-reactive ketones (excluding diaryl/α,β-unsaturated/α-hetero) is 1. The standard InChI is InChI=1S/C27H29N3O3/c1-17(2)30-9-7-22-23(12-20(13-25(22)30)19-6-5-8-28-14-19)27(32)29-15-24-21(16-33-4)10-18(3)11-26(24)31/h5-10,12-14,17H,11,15-16H2,1-4H3,(H,29,32). The van der Waals surface area contributed by atoms with Gasteiger partial charge in [-0.2, -0.15) is 0 Å². The van der Waals surface area contributed by atoms with Gasteiger partial charge in [-0.05, 0) is 56.2 Å². The van der Waals surface area contributed by atoms with Crippen LogP contribution in [-0.2, 0) is 9.53 Å². The van der Waals surface area contributed by atoms with E-state index in [1.54, 1.807) is 19.5 Å². The molecule has 0 aliphatic heterocycles. The number of ketones is 1. The van der Waals surface area contributed by atoms with Crippen molar-refractivity contribution in [3.63, 3.8) is 0 Å². The Balaban J connectivity index is 1.72. The SMILES string of the molecule is COCC1=C(CNC(=O)c2cc(-c3cccnc3)cc3c2ccn3C(C)C)C(=O)CC(C)=C1. The highest BCUT2D eigenvalue weighted by Crippen LogP contribution is 2.30. The fraction of sp³-hybridized carbons (Fsp3) is 0.296. The Morgan fingerprint density at radius 3 is 2.76 bits per heavy atom. The molecule has 0 radical (unpaired) electrons. The van der Waals surface area contributed by atoms with Crippen molar-refractivity contribution in [2.45, 2.75) is 33.2 Å². The number of carbonyl (C=O) groups excluding carboxylic acids is 2. The lowest BCUT2D eigenvalue weighted by molar-refractivity contribution is -0.115. The molecule has 1 amide bonds. The number of allylic oxidation sites excluding steroid dienone is 1. The van der Waals surface area contributed by atoms with Crippen LogP contribution >= 0.6 is 0 Å². The van der Waals surface area contributed by atoms with Crippen molar-refractivity contribution in [2.75, 3.05) is 20.3 Å². The highest BCUT2D eigenvalue weighted by molar-refractivity contribution is 6.09. The molecule has 170 valence electrons.